The van der Waals surface area contributed by atoms with E-state index in [0.717, 1.165) is 5.25 Å². The SMILES string of the molecule is C[C@H]1CN[C@H](C)S1.C[C@H]1NCC(NS(=O)(=O)C(F)(F)F)O1. The van der Waals surface area contributed by atoms with Crippen molar-refractivity contribution in [1.29, 1.82) is 0 Å². The summed E-state index contributed by atoms with van der Waals surface area (Å²) in [5, 5.41) is 7.48. The van der Waals surface area contributed by atoms with Gasteiger partial charge in [0.1, 0.15) is 12.5 Å². The number of alkyl halides is 3. The lowest BCUT2D eigenvalue weighted by atomic mass is 10.5. The quantitative estimate of drug-likeness (QED) is 0.682. The molecule has 0 aliphatic carbocycles. The van der Waals surface area contributed by atoms with E-state index in [-0.39, 0.29) is 6.54 Å². The third-order valence-electron chi connectivity index (χ3n) is 2.68. The van der Waals surface area contributed by atoms with Gasteiger partial charge in [-0.3, -0.25) is 5.32 Å². The van der Waals surface area contributed by atoms with Crippen molar-refractivity contribution >= 4 is 21.8 Å². The normalized spacial score (nSPS) is 33.6. The largest absolute Gasteiger partial charge is 0.511 e. The van der Waals surface area contributed by atoms with Gasteiger partial charge in [0.25, 0.3) is 0 Å². The molecule has 0 aromatic heterocycles. The second-order valence-corrected chi connectivity index (χ2v) is 8.23. The van der Waals surface area contributed by atoms with Crippen LogP contribution in [-0.4, -0.2) is 50.1 Å². The summed E-state index contributed by atoms with van der Waals surface area (Å²) in [6, 6.07) is 0. The molecule has 0 bridgehead atoms. The molecule has 0 amide bonds. The van der Waals surface area contributed by atoms with Crippen LogP contribution in [0.4, 0.5) is 13.2 Å². The molecule has 2 rings (SSSR count). The lowest BCUT2D eigenvalue weighted by molar-refractivity contribution is -0.0476. The first-order valence-corrected chi connectivity index (χ1v) is 8.80. The minimum atomic E-state index is -5.32. The Labute approximate surface area is 126 Å². The van der Waals surface area contributed by atoms with Crippen LogP contribution in [0.15, 0.2) is 0 Å². The van der Waals surface area contributed by atoms with Crippen molar-refractivity contribution in [1.82, 2.24) is 15.4 Å². The molecule has 2 heterocycles. The lowest BCUT2D eigenvalue weighted by Crippen LogP contribution is -2.44. The zero-order valence-corrected chi connectivity index (χ0v) is 13.5. The summed E-state index contributed by atoms with van der Waals surface area (Å²) in [5.41, 5.74) is -5.30. The molecule has 3 N–H and O–H groups in total. The predicted octanol–water partition coefficient (Wildman–Crippen LogP) is 0.775. The highest BCUT2D eigenvalue weighted by atomic mass is 32.2. The van der Waals surface area contributed by atoms with Crippen LogP contribution in [0.1, 0.15) is 20.8 Å². The second-order valence-electron chi connectivity index (χ2n) is 4.74. The molecule has 126 valence electrons. The van der Waals surface area contributed by atoms with Gasteiger partial charge in [-0.15, -0.1) is 11.8 Å². The maximum absolute atomic E-state index is 11.9. The minimum Gasteiger partial charge on any atom is -0.343 e. The molecule has 2 aliphatic rings. The van der Waals surface area contributed by atoms with Gasteiger partial charge in [0.15, 0.2) is 0 Å². The van der Waals surface area contributed by atoms with E-state index in [0.29, 0.717) is 5.37 Å². The van der Waals surface area contributed by atoms with Gasteiger partial charge in [-0.2, -0.15) is 17.9 Å². The maximum atomic E-state index is 11.9. The first-order valence-electron chi connectivity index (χ1n) is 6.37. The van der Waals surface area contributed by atoms with Gasteiger partial charge in [-0.05, 0) is 13.8 Å². The number of thioether (sulfide) groups is 1. The van der Waals surface area contributed by atoms with Gasteiger partial charge >= 0.3 is 15.5 Å². The summed E-state index contributed by atoms with van der Waals surface area (Å²) >= 11 is 2.01. The predicted molar refractivity (Wildman–Crippen MR) is 75.0 cm³/mol. The summed E-state index contributed by atoms with van der Waals surface area (Å²) in [6.07, 6.45) is -1.63. The Balaban J connectivity index is 0.000000262. The Hall–Kier alpha value is -0.0700. The van der Waals surface area contributed by atoms with Crippen LogP contribution < -0.4 is 15.4 Å². The number of hydrogen-bond donors (Lipinski definition) is 3. The monoisotopic (exact) mass is 351 g/mol. The number of nitrogens with one attached hydrogen (secondary N) is 3. The van der Waals surface area contributed by atoms with Gasteiger partial charge in [0.2, 0.25) is 0 Å². The smallest absolute Gasteiger partial charge is 0.343 e. The highest BCUT2D eigenvalue weighted by Gasteiger charge is 2.47. The number of sulfonamides is 1. The number of halogens is 3. The molecule has 0 spiro atoms. The standard InChI is InChI=1S/C5H9F3N2O3S.C5H11NS/c1-3-9-2-4(13-3)10-14(11,12)5(6,7)8;1-4-3-6-5(2)7-4/h3-4,9-10H,2H2,1H3;4-6H,3H2,1-2H3/t3-,4?;4-,5-/m00/s1. The molecular weight excluding hydrogens is 331 g/mol. The van der Waals surface area contributed by atoms with Crippen molar-refractivity contribution in [2.75, 3.05) is 13.1 Å². The van der Waals surface area contributed by atoms with Gasteiger partial charge in [0.05, 0.1) is 5.37 Å². The molecule has 0 aromatic carbocycles. The Bertz CT molecular complexity index is 425. The maximum Gasteiger partial charge on any atom is 0.511 e. The summed E-state index contributed by atoms with van der Waals surface area (Å²) < 4.78 is 62.9. The molecule has 21 heavy (non-hydrogen) atoms. The topological polar surface area (TPSA) is 79.5 Å². The van der Waals surface area contributed by atoms with Crippen molar-refractivity contribution in [2.24, 2.45) is 0 Å². The molecule has 4 atom stereocenters. The van der Waals surface area contributed by atoms with E-state index in [1.54, 1.807) is 6.92 Å². The number of ether oxygens (including phenoxy) is 1. The van der Waals surface area contributed by atoms with Gasteiger partial charge in [0, 0.05) is 18.3 Å². The molecule has 11 heteroatoms. The molecule has 6 nitrogen and oxygen atoms in total. The van der Waals surface area contributed by atoms with Crippen LogP contribution in [0, 0.1) is 0 Å². The number of rotatable bonds is 2. The summed E-state index contributed by atoms with van der Waals surface area (Å²) in [4.78, 5) is 0. The van der Waals surface area contributed by atoms with Crippen molar-refractivity contribution < 1.29 is 26.3 Å². The van der Waals surface area contributed by atoms with E-state index in [1.165, 1.54) is 11.3 Å². The third-order valence-corrected chi connectivity index (χ3v) is 5.07. The first-order chi connectivity index (χ1) is 9.51. The highest BCUT2D eigenvalue weighted by molar-refractivity contribution is 8.00. The summed E-state index contributed by atoms with van der Waals surface area (Å²) in [5.74, 6) is 0. The van der Waals surface area contributed by atoms with Crippen LogP contribution >= 0.6 is 11.8 Å². The zero-order chi connectivity index (χ0) is 16.3. The Kier molecular flexibility index (Phi) is 6.75. The summed E-state index contributed by atoms with van der Waals surface area (Å²) in [6.45, 7) is 7.21. The molecule has 0 aromatic rings. The summed E-state index contributed by atoms with van der Waals surface area (Å²) in [7, 11) is -5.32. The van der Waals surface area contributed by atoms with E-state index >= 15 is 0 Å². The molecule has 2 saturated heterocycles. The first kappa shape index (κ1) is 19.0. The molecule has 2 fully saturated rings. The van der Waals surface area contributed by atoms with Crippen LogP contribution in [0.2, 0.25) is 0 Å². The Morgan fingerprint density at radius 2 is 1.81 bits per heavy atom. The van der Waals surface area contributed by atoms with E-state index in [1.807, 2.05) is 11.8 Å². The van der Waals surface area contributed by atoms with Crippen molar-refractivity contribution in [3.63, 3.8) is 0 Å². The van der Waals surface area contributed by atoms with Crippen LogP contribution in [-0.2, 0) is 14.8 Å². The number of hydrogen-bond acceptors (Lipinski definition) is 6. The van der Waals surface area contributed by atoms with E-state index < -0.39 is 28.0 Å². The lowest BCUT2D eigenvalue weighted by Gasteiger charge is -2.13. The fourth-order valence-electron chi connectivity index (χ4n) is 1.70. The highest BCUT2D eigenvalue weighted by Crippen LogP contribution is 2.22. The second kappa shape index (κ2) is 7.47. The molecule has 2 aliphatic heterocycles. The van der Waals surface area contributed by atoms with Crippen molar-refractivity contribution in [3.8, 4) is 0 Å². The molecular formula is C10H20F3N3O3S2. The van der Waals surface area contributed by atoms with Gasteiger partial charge in [-0.1, -0.05) is 6.92 Å². The Morgan fingerprint density at radius 3 is 2.10 bits per heavy atom. The molecule has 0 saturated carbocycles. The van der Waals surface area contributed by atoms with E-state index in [4.69, 9.17) is 4.74 Å². The van der Waals surface area contributed by atoms with Crippen molar-refractivity contribution in [2.45, 2.75) is 49.4 Å². The van der Waals surface area contributed by atoms with E-state index in [9.17, 15) is 21.6 Å². The average Bonchev–Trinajstić information content (AvgIpc) is 2.86. The molecule has 0 radical (unpaired) electrons. The Morgan fingerprint density at radius 1 is 1.19 bits per heavy atom. The van der Waals surface area contributed by atoms with Crippen LogP contribution in [0.25, 0.3) is 0 Å². The minimum absolute atomic E-state index is 0.0104. The van der Waals surface area contributed by atoms with Crippen molar-refractivity contribution in [3.05, 3.63) is 0 Å². The molecule has 1 unspecified atom stereocenters. The fraction of sp³-hybridized carbons (Fsp3) is 1.00. The van der Waals surface area contributed by atoms with Crippen LogP contribution in [0.5, 0.6) is 0 Å². The fourth-order valence-corrected chi connectivity index (χ4v) is 3.40. The van der Waals surface area contributed by atoms with Gasteiger partial charge in [-0.25, -0.2) is 8.42 Å². The average molecular weight is 351 g/mol. The van der Waals surface area contributed by atoms with Gasteiger partial charge < -0.3 is 10.1 Å². The van der Waals surface area contributed by atoms with Crippen LogP contribution in [0.3, 0.4) is 0 Å². The third kappa shape index (κ3) is 6.28. The zero-order valence-electron chi connectivity index (χ0n) is 11.9. The van der Waals surface area contributed by atoms with E-state index in [2.05, 4.69) is 24.5 Å².